The molecule has 0 aliphatic rings. The fraction of sp³-hybridized carbons (Fsp3) is 0.0370. The van der Waals surface area contributed by atoms with Gasteiger partial charge in [0.1, 0.15) is 5.75 Å². The van der Waals surface area contributed by atoms with Gasteiger partial charge in [0.25, 0.3) is 0 Å². The van der Waals surface area contributed by atoms with Crippen molar-refractivity contribution in [3.8, 4) is 28.0 Å². The second-order valence-corrected chi connectivity index (χ2v) is 7.41. The summed E-state index contributed by atoms with van der Waals surface area (Å²) < 4.78 is 63.3. The maximum atomic E-state index is 14.9. The Kier molecular flexibility index (Phi) is 4.82. The quantitative estimate of drug-likeness (QED) is 0.160. The molecule has 0 bridgehead atoms. The summed E-state index contributed by atoms with van der Waals surface area (Å²) in [6.45, 7) is 0. The van der Waals surface area contributed by atoms with E-state index < -0.39 is 28.8 Å². The number of fused-ring (bicyclic) bond motifs is 2. The lowest BCUT2D eigenvalue weighted by Crippen LogP contribution is -2.00. The van der Waals surface area contributed by atoms with Crippen molar-refractivity contribution in [2.45, 2.75) is 0 Å². The second kappa shape index (κ2) is 7.68. The maximum absolute atomic E-state index is 14.9. The van der Waals surface area contributed by atoms with Gasteiger partial charge in [0.15, 0.2) is 23.3 Å². The molecule has 32 heavy (non-hydrogen) atoms. The van der Waals surface area contributed by atoms with Crippen LogP contribution in [-0.4, -0.2) is 7.11 Å². The zero-order valence-electron chi connectivity index (χ0n) is 16.9. The molecule has 5 aromatic carbocycles. The summed E-state index contributed by atoms with van der Waals surface area (Å²) in [6, 6.07) is 21.8. The summed E-state index contributed by atoms with van der Waals surface area (Å²) >= 11 is 0. The lowest BCUT2D eigenvalue weighted by molar-refractivity contribution is 0.415. The lowest BCUT2D eigenvalue weighted by atomic mass is 9.85. The molecule has 0 atom stereocenters. The van der Waals surface area contributed by atoms with Crippen LogP contribution < -0.4 is 4.74 Å². The number of hydrogen-bond donors (Lipinski definition) is 0. The van der Waals surface area contributed by atoms with Crippen LogP contribution in [0.2, 0.25) is 0 Å². The average molecular weight is 432 g/mol. The molecule has 158 valence electrons. The summed E-state index contributed by atoms with van der Waals surface area (Å²) in [5, 5.41) is 2.38. The molecule has 0 unspecified atom stereocenters. The third-order valence-electron chi connectivity index (χ3n) is 5.67. The van der Waals surface area contributed by atoms with Gasteiger partial charge in [-0.3, -0.25) is 0 Å². The van der Waals surface area contributed by atoms with Crippen LogP contribution in [0.5, 0.6) is 5.75 Å². The molecule has 0 radical (unpaired) electrons. The van der Waals surface area contributed by atoms with Gasteiger partial charge < -0.3 is 4.74 Å². The predicted molar refractivity (Wildman–Crippen MR) is 119 cm³/mol. The molecular weight excluding hydrogens is 416 g/mol. The fourth-order valence-corrected chi connectivity index (χ4v) is 4.26. The van der Waals surface area contributed by atoms with Gasteiger partial charge in [-0.25, -0.2) is 17.6 Å². The van der Waals surface area contributed by atoms with Gasteiger partial charge in [-0.05, 0) is 44.8 Å². The van der Waals surface area contributed by atoms with Crippen molar-refractivity contribution in [2.24, 2.45) is 0 Å². The summed E-state index contributed by atoms with van der Waals surface area (Å²) in [7, 11) is 1.58. The molecule has 0 heterocycles. The van der Waals surface area contributed by atoms with E-state index in [0.29, 0.717) is 27.3 Å². The topological polar surface area (TPSA) is 9.23 Å². The average Bonchev–Trinajstić information content (AvgIpc) is 2.82. The first-order chi connectivity index (χ1) is 15.5. The number of methoxy groups -OCH3 is 1. The molecule has 0 aliphatic carbocycles. The van der Waals surface area contributed by atoms with E-state index in [2.05, 4.69) is 0 Å². The molecule has 0 saturated carbocycles. The first-order valence-electron chi connectivity index (χ1n) is 9.92. The highest BCUT2D eigenvalue weighted by molar-refractivity contribution is 6.21. The maximum Gasteiger partial charge on any atom is 0.169 e. The van der Waals surface area contributed by atoms with Gasteiger partial charge in [-0.15, -0.1) is 0 Å². The van der Waals surface area contributed by atoms with Crippen molar-refractivity contribution in [3.05, 3.63) is 102 Å². The van der Waals surface area contributed by atoms with E-state index in [0.717, 1.165) is 11.1 Å². The van der Waals surface area contributed by atoms with E-state index in [9.17, 15) is 17.6 Å². The molecule has 0 saturated heterocycles. The zero-order valence-corrected chi connectivity index (χ0v) is 16.9. The molecule has 5 aromatic rings. The van der Waals surface area contributed by atoms with Crippen LogP contribution in [0.25, 0.3) is 43.8 Å². The van der Waals surface area contributed by atoms with Crippen LogP contribution in [-0.2, 0) is 0 Å². The Balaban J connectivity index is 1.98. The third kappa shape index (κ3) is 3.01. The molecule has 5 rings (SSSR count). The standard InChI is InChI=1S/C27H16F4O/c1-32-16-12-10-15(11-13-16)23-17-6-2-4-8-19(17)24(20-9-5-3-7-18(20)23)25-26(30)21(28)14-22(29)27(25)31/h2-14H,1H3. The van der Waals surface area contributed by atoms with Gasteiger partial charge in [0.05, 0.1) is 12.7 Å². The normalized spacial score (nSPS) is 11.3. The summed E-state index contributed by atoms with van der Waals surface area (Å²) in [4.78, 5) is 0. The molecule has 0 fully saturated rings. The molecule has 0 N–H and O–H groups in total. The minimum Gasteiger partial charge on any atom is -0.497 e. The summed E-state index contributed by atoms with van der Waals surface area (Å²) in [5.74, 6) is -5.02. The monoisotopic (exact) mass is 432 g/mol. The van der Waals surface area contributed by atoms with Crippen molar-refractivity contribution in [1.29, 1.82) is 0 Å². The molecule has 1 nitrogen and oxygen atoms in total. The lowest BCUT2D eigenvalue weighted by Gasteiger charge is -2.18. The molecule has 0 spiro atoms. The number of benzene rings is 5. The Morgan fingerprint density at radius 2 is 0.969 bits per heavy atom. The Hall–Kier alpha value is -3.86. The predicted octanol–water partition coefficient (Wildman–Crippen LogP) is 7.89. The first kappa shape index (κ1) is 20.1. The SMILES string of the molecule is COc1ccc(-c2c3ccccc3c(-c3c(F)c(F)cc(F)c3F)c3ccccc23)cc1. The second-order valence-electron chi connectivity index (χ2n) is 7.41. The van der Waals surface area contributed by atoms with E-state index in [1.807, 2.05) is 48.5 Å². The third-order valence-corrected chi connectivity index (χ3v) is 5.67. The Morgan fingerprint density at radius 3 is 1.41 bits per heavy atom. The van der Waals surface area contributed by atoms with Crippen molar-refractivity contribution < 1.29 is 22.3 Å². The summed E-state index contributed by atoms with van der Waals surface area (Å²) in [6.07, 6.45) is 0. The van der Waals surface area contributed by atoms with Crippen LogP contribution in [0.15, 0.2) is 78.9 Å². The molecular formula is C27H16F4O. The van der Waals surface area contributed by atoms with Crippen LogP contribution >= 0.6 is 0 Å². The largest absolute Gasteiger partial charge is 0.497 e. The Morgan fingerprint density at radius 1 is 0.531 bits per heavy atom. The van der Waals surface area contributed by atoms with E-state index >= 15 is 0 Å². The van der Waals surface area contributed by atoms with Crippen LogP contribution in [0.1, 0.15) is 0 Å². The highest BCUT2D eigenvalue weighted by atomic mass is 19.2. The minimum atomic E-state index is -1.44. The zero-order chi connectivity index (χ0) is 22.4. The van der Waals surface area contributed by atoms with E-state index in [-0.39, 0.29) is 11.6 Å². The Labute approximate surface area is 181 Å². The molecule has 0 aromatic heterocycles. The first-order valence-corrected chi connectivity index (χ1v) is 9.92. The van der Waals surface area contributed by atoms with Gasteiger partial charge in [0.2, 0.25) is 0 Å². The Bertz CT molecular complexity index is 1410. The number of halogens is 4. The molecule has 5 heteroatoms. The van der Waals surface area contributed by atoms with Crippen molar-refractivity contribution in [3.63, 3.8) is 0 Å². The van der Waals surface area contributed by atoms with E-state index in [1.54, 1.807) is 31.4 Å². The van der Waals surface area contributed by atoms with Gasteiger partial charge in [0, 0.05) is 11.6 Å². The van der Waals surface area contributed by atoms with Crippen LogP contribution in [0.3, 0.4) is 0 Å². The van der Waals surface area contributed by atoms with Gasteiger partial charge in [-0.1, -0.05) is 60.7 Å². The van der Waals surface area contributed by atoms with Gasteiger partial charge >= 0.3 is 0 Å². The summed E-state index contributed by atoms with van der Waals surface area (Å²) in [5.41, 5.74) is 1.12. The fourth-order valence-electron chi connectivity index (χ4n) is 4.26. The number of ether oxygens (including phenoxy) is 1. The highest BCUT2D eigenvalue weighted by Gasteiger charge is 2.25. The smallest absolute Gasteiger partial charge is 0.169 e. The molecule has 0 aliphatic heterocycles. The van der Waals surface area contributed by atoms with Crippen LogP contribution in [0, 0.1) is 23.3 Å². The van der Waals surface area contributed by atoms with Crippen molar-refractivity contribution in [2.75, 3.05) is 7.11 Å². The van der Waals surface area contributed by atoms with Gasteiger partial charge in [-0.2, -0.15) is 0 Å². The molecule has 0 amide bonds. The van der Waals surface area contributed by atoms with E-state index in [4.69, 9.17) is 4.74 Å². The number of rotatable bonds is 3. The van der Waals surface area contributed by atoms with Crippen molar-refractivity contribution >= 4 is 21.5 Å². The highest BCUT2D eigenvalue weighted by Crippen LogP contribution is 2.45. The van der Waals surface area contributed by atoms with Crippen molar-refractivity contribution in [1.82, 2.24) is 0 Å². The minimum absolute atomic E-state index is 0.113. The van der Waals surface area contributed by atoms with E-state index in [1.165, 1.54) is 0 Å². The number of hydrogen-bond acceptors (Lipinski definition) is 1. The van der Waals surface area contributed by atoms with Crippen LogP contribution in [0.4, 0.5) is 17.6 Å².